The van der Waals surface area contributed by atoms with Crippen LogP contribution in [0.25, 0.3) is 5.65 Å². The van der Waals surface area contributed by atoms with E-state index in [0.717, 1.165) is 24.7 Å². The van der Waals surface area contributed by atoms with Crippen molar-refractivity contribution in [2.75, 3.05) is 23.7 Å². The van der Waals surface area contributed by atoms with Crippen molar-refractivity contribution < 1.29 is 4.92 Å². The van der Waals surface area contributed by atoms with Crippen molar-refractivity contribution in [3.8, 4) is 0 Å². The van der Waals surface area contributed by atoms with Crippen LogP contribution in [0.15, 0.2) is 18.3 Å². The summed E-state index contributed by atoms with van der Waals surface area (Å²) in [5.41, 5.74) is 0.492. The van der Waals surface area contributed by atoms with E-state index in [0.29, 0.717) is 5.65 Å². The average molecular weight is 293 g/mol. The largest absolute Gasteiger partial charge is 0.368 e. The number of anilines is 1. The summed E-state index contributed by atoms with van der Waals surface area (Å²) < 4.78 is 1.46. The lowest BCUT2D eigenvalue weighted by Gasteiger charge is -2.37. The standard InChI is InChI=1S/C12H15N5O2S/c1-12(2)8-15(5-6-20-12)10-4-3-9-13-7-11(17(18)19)16(9)14-10/h3-4,7H,5-6,8H2,1-2H3. The highest BCUT2D eigenvalue weighted by molar-refractivity contribution is 8.00. The summed E-state index contributed by atoms with van der Waals surface area (Å²) in [6.07, 6.45) is 1.24. The molecule has 0 aromatic carbocycles. The van der Waals surface area contributed by atoms with Gasteiger partial charge in [0.05, 0.1) is 0 Å². The zero-order chi connectivity index (χ0) is 14.3. The van der Waals surface area contributed by atoms with E-state index in [9.17, 15) is 10.1 Å². The van der Waals surface area contributed by atoms with Gasteiger partial charge in [-0.25, -0.2) is 4.98 Å². The Labute approximate surface area is 120 Å². The highest BCUT2D eigenvalue weighted by Crippen LogP contribution is 2.31. The van der Waals surface area contributed by atoms with Gasteiger partial charge in [-0.15, -0.1) is 0 Å². The van der Waals surface area contributed by atoms with Gasteiger partial charge in [-0.1, -0.05) is 9.61 Å². The summed E-state index contributed by atoms with van der Waals surface area (Å²) in [4.78, 5) is 16.6. The Hall–Kier alpha value is -1.83. The summed E-state index contributed by atoms with van der Waals surface area (Å²) in [6, 6.07) is 3.64. The van der Waals surface area contributed by atoms with Gasteiger partial charge in [-0.2, -0.15) is 11.8 Å². The van der Waals surface area contributed by atoms with E-state index in [1.165, 1.54) is 10.7 Å². The van der Waals surface area contributed by atoms with Gasteiger partial charge in [0.1, 0.15) is 6.20 Å². The first-order valence-electron chi connectivity index (χ1n) is 6.34. The minimum absolute atomic E-state index is 0.104. The van der Waals surface area contributed by atoms with Crippen molar-refractivity contribution in [3.63, 3.8) is 0 Å². The third-order valence-corrected chi connectivity index (χ3v) is 4.56. The maximum atomic E-state index is 11.0. The summed E-state index contributed by atoms with van der Waals surface area (Å²) >= 11 is 1.94. The van der Waals surface area contributed by atoms with Crippen molar-refractivity contribution >= 4 is 29.0 Å². The SMILES string of the molecule is CC1(C)CN(c2ccc3ncc([N+](=O)[O-])n3n2)CCS1. The van der Waals surface area contributed by atoms with Crippen LogP contribution in [0.1, 0.15) is 13.8 Å². The molecule has 2 aromatic heterocycles. The molecule has 0 amide bonds. The lowest BCUT2D eigenvalue weighted by molar-refractivity contribution is -0.391. The molecule has 106 valence electrons. The van der Waals surface area contributed by atoms with Crippen LogP contribution >= 0.6 is 11.8 Å². The van der Waals surface area contributed by atoms with Gasteiger partial charge in [0, 0.05) is 29.7 Å². The molecule has 0 radical (unpaired) electrons. The van der Waals surface area contributed by atoms with Crippen LogP contribution in [0.2, 0.25) is 0 Å². The molecule has 2 aromatic rings. The Morgan fingerprint density at radius 1 is 1.45 bits per heavy atom. The molecular formula is C12H15N5O2S. The summed E-state index contributed by atoms with van der Waals surface area (Å²) in [5, 5.41) is 15.3. The predicted octanol–water partition coefficient (Wildman–Crippen LogP) is 1.97. The zero-order valence-corrected chi connectivity index (χ0v) is 12.1. The van der Waals surface area contributed by atoms with Crippen molar-refractivity contribution in [2.24, 2.45) is 0 Å². The van der Waals surface area contributed by atoms with E-state index >= 15 is 0 Å². The Morgan fingerprint density at radius 3 is 2.95 bits per heavy atom. The van der Waals surface area contributed by atoms with E-state index < -0.39 is 4.92 Å². The number of rotatable bonds is 2. The number of aromatic nitrogens is 3. The molecule has 1 fully saturated rings. The minimum atomic E-state index is -0.466. The lowest BCUT2D eigenvalue weighted by Crippen LogP contribution is -2.43. The maximum absolute atomic E-state index is 11.0. The molecule has 1 aliphatic heterocycles. The van der Waals surface area contributed by atoms with Gasteiger partial charge >= 0.3 is 5.82 Å². The van der Waals surface area contributed by atoms with Crippen LogP contribution in [0.4, 0.5) is 11.6 Å². The molecule has 20 heavy (non-hydrogen) atoms. The quantitative estimate of drug-likeness (QED) is 0.622. The third-order valence-electron chi connectivity index (χ3n) is 3.27. The highest BCUT2D eigenvalue weighted by atomic mass is 32.2. The van der Waals surface area contributed by atoms with Crippen molar-refractivity contribution in [1.82, 2.24) is 14.6 Å². The van der Waals surface area contributed by atoms with Crippen molar-refractivity contribution in [2.45, 2.75) is 18.6 Å². The molecule has 7 nitrogen and oxygen atoms in total. The molecule has 3 rings (SSSR count). The van der Waals surface area contributed by atoms with E-state index in [2.05, 4.69) is 28.8 Å². The molecule has 0 unspecified atom stereocenters. The van der Waals surface area contributed by atoms with Crippen LogP contribution in [-0.2, 0) is 0 Å². The molecule has 0 atom stereocenters. The molecule has 8 heteroatoms. The van der Waals surface area contributed by atoms with E-state index in [-0.39, 0.29) is 10.6 Å². The second-order valence-corrected chi connectivity index (χ2v) is 7.17. The smallest absolute Gasteiger partial charge is 0.358 e. The van der Waals surface area contributed by atoms with E-state index in [1.807, 2.05) is 17.8 Å². The zero-order valence-electron chi connectivity index (χ0n) is 11.3. The number of nitro groups is 1. The molecule has 0 spiro atoms. The monoisotopic (exact) mass is 293 g/mol. The molecule has 0 aliphatic carbocycles. The second-order valence-electron chi connectivity index (χ2n) is 5.36. The minimum Gasteiger partial charge on any atom is -0.358 e. The molecule has 3 heterocycles. The molecular weight excluding hydrogens is 278 g/mol. The number of hydrogen-bond donors (Lipinski definition) is 0. The fourth-order valence-corrected chi connectivity index (χ4v) is 3.47. The first-order chi connectivity index (χ1) is 9.46. The summed E-state index contributed by atoms with van der Waals surface area (Å²) in [7, 11) is 0. The topological polar surface area (TPSA) is 76.6 Å². The lowest BCUT2D eigenvalue weighted by atomic mass is 10.2. The number of nitrogens with zero attached hydrogens (tertiary/aromatic N) is 5. The van der Waals surface area contributed by atoms with Crippen LogP contribution < -0.4 is 4.90 Å². The first kappa shape index (κ1) is 13.2. The highest BCUT2D eigenvalue weighted by Gasteiger charge is 2.28. The first-order valence-corrected chi connectivity index (χ1v) is 7.33. The second kappa shape index (κ2) is 4.62. The molecule has 0 bridgehead atoms. The van der Waals surface area contributed by atoms with Gasteiger partial charge in [0.2, 0.25) is 5.65 Å². The van der Waals surface area contributed by atoms with Crippen LogP contribution in [0, 0.1) is 10.1 Å². The van der Waals surface area contributed by atoms with Gasteiger partial charge in [0.25, 0.3) is 0 Å². The number of hydrogen-bond acceptors (Lipinski definition) is 6. The fourth-order valence-electron chi connectivity index (χ4n) is 2.36. The molecule has 0 N–H and O–H groups in total. The van der Waals surface area contributed by atoms with Crippen LogP contribution in [0.3, 0.4) is 0 Å². The van der Waals surface area contributed by atoms with Crippen molar-refractivity contribution in [3.05, 3.63) is 28.4 Å². The molecule has 1 saturated heterocycles. The van der Waals surface area contributed by atoms with Crippen LogP contribution in [-0.4, -0.2) is 43.1 Å². The number of fused-ring (bicyclic) bond motifs is 1. The number of imidazole rings is 1. The van der Waals surface area contributed by atoms with Gasteiger partial charge in [-0.05, 0) is 24.8 Å². The van der Waals surface area contributed by atoms with Crippen molar-refractivity contribution in [1.29, 1.82) is 0 Å². The van der Waals surface area contributed by atoms with Gasteiger partial charge in [0.15, 0.2) is 5.82 Å². The summed E-state index contributed by atoms with van der Waals surface area (Å²) in [5.74, 6) is 1.68. The average Bonchev–Trinajstić information content (AvgIpc) is 2.80. The fraction of sp³-hybridized carbons (Fsp3) is 0.500. The number of thioether (sulfide) groups is 1. The summed E-state index contributed by atoms with van der Waals surface area (Å²) in [6.45, 7) is 6.16. The normalized spacial score (nSPS) is 18.4. The molecule has 1 aliphatic rings. The Morgan fingerprint density at radius 2 is 2.25 bits per heavy atom. The van der Waals surface area contributed by atoms with E-state index in [1.54, 1.807) is 6.07 Å². The predicted molar refractivity (Wildman–Crippen MR) is 78.4 cm³/mol. The third kappa shape index (κ3) is 2.31. The Balaban J connectivity index is 1.99. The van der Waals surface area contributed by atoms with Gasteiger partial charge in [-0.3, -0.25) is 0 Å². The van der Waals surface area contributed by atoms with Crippen LogP contribution in [0.5, 0.6) is 0 Å². The maximum Gasteiger partial charge on any atom is 0.368 e. The molecule has 0 saturated carbocycles. The van der Waals surface area contributed by atoms with Gasteiger partial charge < -0.3 is 15.0 Å². The Bertz CT molecular complexity index is 669. The van der Waals surface area contributed by atoms with E-state index in [4.69, 9.17) is 0 Å². The Kier molecular flexibility index (Phi) is 3.04.